The number of rotatable bonds is 3. The molecule has 158 valence electrons. The summed E-state index contributed by atoms with van der Waals surface area (Å²) in [5, 5.41) is 0.892. The highest BCUT2D eigenvalue weighted by molar-refractivity contribution is 7.20. The third-order valence-electron chi connectivity index (χ3n) is 4.76. The number of hydrogen-bond donors (Lipinski definition) is 2. The molecule has 30 heavy (non-hydrogen) atoms. The minimum Gasteiger partial charge on any atom is -0.378 e. The topological polar surface area (TPSA) is 87.2 Å². The first-order chi connectivity index (χ1) is 14.0. The molecule has 0 radical (unpaired) electrons. The molecule has 0 saturated carbocycles. The van der Waals surface area contributed by atoms with Crippen LogP contribution in [0.5, 0.6) is 0 Å². The van der Waals surface area contributed by atoms with Crippen molar-refractivity contribution >= 4 is 39.1 Å². The largest absolute Gasteiger partial charge is 0.378 e. The van der Waals surface area contributed by atoms with Gasteiger partial charge in [0, 0.05) is 36.1 Å². The van der Waals surface area contributed by atoms with Gasteiger partial charge in [0.05, 0.1) is 10.6 Å². The zero-order chi connectivity index (χ0) is 22.2. The fraction of sp³-hybridized carbons (Fsp3) is 0.364. The first kappa shape index (κ1) is 21.7. The van der Waals surface area contributed by atoms with E-state index in [2.05, 4.69) is 41.6 Å². The Morgan fingerprint density at radius 3 is 2.33 bits per heavy atom. The van der Waals surface area contributed by atoms with E-state index in [1.54, 1.807) is 18.2 Å². The Morgan fingerprint density at radius 2 is 1.70 bits per heavy atom. The Bertz CT molecular complexity index is 1130. The van der Waals surface area contributed by atoms with Gasteiger partial charge in [-0.1, -0.05) is 26.8 Å². The number of aryl methyl sites for hydroxylation is 2. The second-order valence-electron chi connectivity index (χ2n) is 8.47. The second-order valence-corrected chi connectivity index (χ2v) is 9.47. The third-order valence-corrected chi connectivity index (χ3v) is 5.95. The Balaban J connectivity index is 1.82. The van der Waals surface area contributed by atoms with E-state index in [-0.39, 0.29) is 17.2 Å². The van der Waals surface area contributed by atoms with Crippen LogP contribution in [0.25, 0.3) is 10.2 Å². The number of anilines is 1. The fourth-order valence-corrected chi connectivity index (χ4v) is 4.19. The van der Waals surface area contributed by atoms with Crippen LogP contribution in [0, 0.1) is 13.8 Å². The summed E-state index contributed by atoms with van der Waals surface area (Å²) in [7, 11) is 3.80. The molecule has 0 aliphatic rings. The van der Waals surface area contributed by atoms with Crippen molar-refractivity contribution in [3.8, 4) is 0 Å². The molecule has 0 saturated heterocycles. The van der Waals surface area contributed by atoms with Gasteiger partial charge in [-0.3, -0.25) is 20.4 Å². The molecular weight excluding hydrogens is 398 g/mol. The molecule has 1 aromatic carbocycles. The average molecular weight is 426 g/mol. The first-order valence-electron chi connectivity index (χ1n) is 9.65. The maximum absolute atomic E-state index is 12.8. The van der Waals surface area contributed by atoms with Crippen LogP contribution in [0.3, 0.4) is 0 Å². The normalized spacial score (nSPS) is 11.4. The fourth-order valence-electron chi connectivity index (χ4n) is 3.06. The van der Waals surface area contributed by atoms with E-state index in [9.17, 15) is 9.59 Å². The highest BCUT2D eigenvalue weighted by Crippen LogP contribution is 2.33. The van der Waals surface area contributed by atoms with Crippen LogP contribution >= 0.6 is 11.3 Å². The number of carbonyl (C=O) groups excluding carboxylic acids is 2. The quantitative estimate of drug-likeness (QED) is 0.624. The minimum absolute atomic E-state index is 0.186. The van der Waals surface area contributed by atoms with Gasteiger partial charge in [-0.2, -0.15) is 0 Å². The molecule has 3 aromatic rings. The van der Waals surface area contributed by atoms with Crippen LogP contribution in [0.1, 0.15) is 57.9 Å². The maximum Gasteiger partial charge on any atom is 0.280 e. The van der Waals surface area contributed by atoms with E-state index in [0.29, 0.717) is 10.4 Å². The van der Waals surface area contributed by atoms with E-state index in [0.717, 1.165) is 33.0 Å². The maximum atomic E-state index is 12.8. The van der Waals surface area contributed by atoms with Crippen LogP contribution < -0.4 is 15.8 Å². The molecule has 0 unspecified atom stereocenters. The van der Waals surface area contributed by atoms with Crippen LogP contribution in [-0.4, -0.2) is 35.9 Å². The molecular formula is C22H27N5O2S. The highest BCUT2D eigenvalue weighted by Gasteiger charge is 2.23. The zero-order valence-corrected chi connectivity index (χ0v) is 19.2. The summed E-state index contributed by atoms with van der Waals surface area (Å²) < 4.78 is 0. The van der Waals surface area contributed by atoms with Gasteiger partial charge in [0.15, 0.2) is 0 Å². The van der Waals surface area contributed by atoms with Gasteiger partial charge in [0.25, 0.3) is 11.8 Å². The van der Waals surface area contributed by atoms with Gasteiger partial charge < -0.3 is 4.90 Å². The predicted molar refractivity (Wildman–Crippen MR) is 121 cm³/mol. The Hall–Kier alpha value is -3.00. The third kappa shape index (κ3) is 4.28. The average Bonchev–Trinajstić information content (AvgIpc) is 3.02. The molecule has 2 aromatic heterocycles. The monoisotopic (exact) mass is 425 g/mol. The molecule has 3 rings (SSSR count). The molecule has 0 atom stereocenters. The number of fused-ring (bicyclic) bond motifs is 1. The van der Waals surface area contributed by atoms with E-state index in [1.165, 1.54) is 11.3 Å². The van der Waals surface area contributed by atoms with Crippen molar-refractivity contribution in [3.63, 3.8) is 0 Å². The lowest BCUT2D eigenvalue weighted by atomic mass is 9.95. The van der Waals surface area contributed by atoms with Gasteiger partial charge in [0.2, 0.25) is 0 Å². The van der Waals surface area contributed by atoms with Gasteiger partial charge in [-0.15, -0.1) is 11.3 Å². The number of hydrazine groups is 1. The number of nitrogens with zero attached hydrogens (tertiary/aromatic N) is 3. The molecule has 7 nitrogen and oxygen atoms in total. The first-order valence-corrected chi connectivity index (χ1v) is 10.5. The van der Waals surface area contributed by atoms with E-state index in [1.807, 2.05) is 38.9 Å². The molecule has 2 amide bonds. The summed E-state index contributed by atoms with van der Waals surface area (Å²) in [5.74, 6) is -0.00378. The lowest BCUT2D eigenvalue weighted by molar-refractivity contribution is 0.0848. The van der Waals surface area contributed by atoms with Crippen molar-refractivity contribution in [2.75, 3.05) is 19.0 Å². The number of nitrogens with one attached hydrogen (secondary N) is 2. The van der Waals surface area contributed by atoms with Crippen molar-refractivity contribution in [2.24, 2.45) is 0 Å². The van der Waals surface area contributed by atoms with Crippen LogP contribution in [0.2, 0.25) is 0 Å². The standard InChI is InChI=1S/C22H27N5O2S/c1-12-16-13(2)23-21(22(3,4)5)24-20(16)30-17(12)19(29)26-25-18(28)14-9-8-10-15(11-14)27(6)7/h8-11H,1-7H3,(H,25,28)(H,26,29). The summed E-state index contributed by atoms with van der Waals surface area (Å²) in [4.78, 5) is 37.7. The van der Waals surface area contributed by atoms with Crippen molar-refractivity contribution in [1.29, 1.82) is 0 Å². The van der Waals surface area contributed by atoms with E-state index in [4.69, 9.17) is 0 Å². The molecule has 0 aliphatic carbocycles. The van der Waals surface area contributed by atoms with Crippen molar-refractivity contribution < 1.29 is 9.59 Å². The Kier molecular flexibility index (Phi) is 5.81. The predicted octanol–water partition coefficient (Wildman–Crippen LogP) is 3.75. The Labute approximate surface area is 180 Å². The van der Waals surface area contributed by atoms with E-state index < -0.39 is 0 Å². The minimum atomic E-state index is -0.378. The SMILES string of the molecule is Cc1nc(C(C)(C)C)nc2sc(C(=O)NNC(=O)c3cccc(N(C)C)c3)c(C)c12. The van der Waals surface area contributed by atoms with Gasteiger partial charge in [0.1, 0.15) is 10.7 Å². The molecule has 0 bridgehead atoms. The number of hydrogen-bond acceptors (Lipinski definition) is 6. The van der Waals surface area contributed by atoms with E-state index >= 15 is 0 Å². The number of carbonyl (C=O) groups is 2. The molecule has 8 heteroatoms. The van der Waals surface area contributed by atoms with Crippen LogP contribution in [-0.2, 0) is 5.41 Å². The van der Waals surface area contributed by atoms with Gasteiger partial charge in [-0.05, 0) is 37.6 Å². The molecule has 2 heterocycles. The summed E-state index contributed by atoms with van der Waals surface area (Å²) in [6, 6.07) is 7.17. The summed E-state index contributed by atoms with van der Waals surface area (Å²) in [6.07, 6.45) is 0. The number of amides is 2. The van der Waals surface area contributed by atoms with Crippen molar-refractivity contribution in [1.82, 2.24) is 20.8 Å². The molecule has 0 fully saturated rings. The molecule has 0 aliphatic heterocycles. The van der Waals surface area contributed by atoms with Crippen LogP contribution in [0.15, 0.2) is 24.3 Å². The zero-order valence-electron chi connectivity index (χ0n) is 18.4. The lowest BCUT2D eigenvalue weighted by Gasteiger charge is -2.16. The van der Waals surface area contributed by atoms with Crippen molar-refractivity contribution in [2.45, 2.75) is 40.0 Å². The molecule has 2 N–H and O–H groups in total. The summed E-state index contributed by atoms with van der Waals surface area (Å²) in [6.45, 7) is 9.98. The van der Waals surface area contributed by atoms with Gasteiger partial charge in [-0.25, -0.2) is 9.97 Å². The summed E-state index contributed by atoms with van der Waals surface area (Å²) >= 11 is 1.31. The van der Waals surface area contributed by atoms with Crippen molar-refractivity contribution in [3.05, 3.63) is 51.8 Å². The highest BCUT2D eigenvalue weighted by atomic mass is 32.1. The van der Waals surface area contributed by atoms with Gasteiger partial charge >= 0.3 is 0 Å². The lowest BCUT2D eigenvalue weighted by Crippen LogP contribution is -2.41. The van der Waals surface area contributed by atoms with Crippen LogP contribution in [0.4, 0.5) is 5.69 Å². The number of aromatic nitrogens is 2. The number of thiophene rings is 1. The number of benzene rings is 1. The smallest absolute Gasteiger partial charge is 0.280 e. The Morgan fingerprint density at radius 1 is 1.03 bits per heavy atom. The second kappa shape index (κ2) is 8.02. The molecule has 0 spiro atoms. The summed E-state index contributed by atoms with van der Waals surface area (Å²) in [5.41, 5.74) is 7.86.